The van der Waals surface area contributed by atoms with E-state index in [0.29, 0.717) is 36.5 Å². The molecular weight excluding hydrogens is 731 g/mol. The molecule has 1 fully saturated rings. The Morgan fingerprint density at radius 3 is 2.52 bits per heavy atom. The smallest absolute Gasteiger partial charge is 0.273 e. The largest absolute Gasteiger partial charge is 0.460 e. The maximum absolute atomic E-state index is 11.6. The summed E-state index contributed by atoms with van der Waals surface area (Å²) in [6.07, 6.45) is 14.0. The normalized spacial score (nSPS) is 24.7. The van der Waals surface area contributed by atoms with Gasteiger partial charge in [-0.1, -0.05) is 36.2 Å². The number of nitrogens with zero attached hydrogens (tertiary/aromatic N) is 3. The predicted octanol–water partition coefficient (Wildman–Crippen LogP) is 9.19. The number of rotatable bonds is 19. The van der Waals surface area contributed by atoms with Crippen LogP contribution in [-0.4, -0.2) is 68.0 Å². The highest BCUT2D eigenvalue weighted by Crippen LogP contribution is 2.62. The van der Waals surface area contributed by atoms with Crippen LogP contribution in [-0.2, 0) is 16.0 Å². The van der Waals surface area contributed by atoms with Crippen LogP contribution >= 0.6 is 11.8 Å². The van der Waals surface area contributed by atoms with E-state index in [1.165, 1.54) is 17.7 Å². The van der Waals surface area contributed by atoms with Crippen LogP contribution < -0.4 is 9.47 Å². The first-order valence-corrected chi connectivity index (χ1v) is 20.8. The van der Waals surface area contributed by atoms with Crippen molar-refractivity contribution in [1.82, 2.24) is 4.98 Å². The zero-order chi connectivity index (χ0) is 39.7. The fourth-order valence-electron chi connectivity index (χ4n) is 8.40. The first kappa shape index (κ1) is 41.4. The number of aliphatic hydroxyl groups is 2. The van der Waals surface area contributed by atoms with Crippen molar-refractivity contribution in [3.63, 3.8) is 0 Å². The predicted molar refractivity (Wildman–Crippen MR) is 219 cm³/mol. The van der Waals surface area contributed by atoms with E-state index in [1.807, 2.05) is 75.3 Å². The van der Waals surface area contributed by atoms with E-state index in [2.05, 4.69) is 17.6 Å². The van der Waals surface area contributed by atoms with Gasteiger partial charge in [-0.05, 0) is 118 Å². The standard InChI is InChI=1S/C44H55N3O8S/c1-5-24-52-44-40(56-25-19-30-17-20-45-21-18-30)29-38(46-55-43(2,3)4)36-26-31(11-6-8-22-48)35(14-7-9-23-49)41(42(36)44)37-28-34(15-16-39(37)54-44)53-33-13-10-12-32(27-33)47(50)51/h5,10,12-13,15-18,20-21,26-28,31,35,40-42,48-49H,1,6-9,11,14,19,22-25,29H2,2-4H3/t31-,35+,40-,41+,42+,44+/m0/s1. The summed E-state index contributed by atoms with van der Waals surface area (Å²) >= 11 is 1.82. The summed E-state index contributed by atoms with van der Waals surface area (Å²) in [5.41, 5.74) is 3.54. The average molecular weight is 786 g/mol. The van der Waals surface area contributed by atoms with Gasteiger partial charge in [0.2, 0.25) is 5.79 Å². The number of thioether (sulfide) groups is 1. The van der Waals surface area contributed by atoms with E-state index in [0.717, 1.165) is 54.7 Å². The molecule has 2 N–H and O–H groups in total. The Balaban J connectivity index is 1.52. The van der Waals surface area contributed by atoms with Gasteiger partial charge in [0.1, 0.15) is 22.8 Å². The van der Waals surface area contributed by atoms with Gasteiger partial charge in [-0.2, -0.15) is 11.8 Å². The molecule has 6 atom stereocenters. The van der Waals surface area contributed by atoms with Gasteiger partial charge in [-0.15, -0.1) is 6.58 Å². The van der Waals surface area contributed by atoms with E-state index in [4.69, 9.17) is 24.2 Å². The molecule has 2 heterocycles. The molecule has 1 saturated carbocycles. The number of oxime groups is 1. The third-order valence-corrected chi connectivity index (χ3v) is 12.1. The molecule has 0 amide bonds. The molecule has 0 bridgehead atoms. The molecule has 3 aliphatic rings. The second-order valence-electron chi connectivity index (χ2n) is 15.8. The van der Waals surface area contributed by atoms with Crippen molar-refractivity contribution in [2.45, 2.75) is 94.7 Å². The summed E-state index contributed by atoms with van der Waals surface area (Å²) < 4.78 is 20.6. The summed E-state index contributed by atoms with van der Waals surface area (Å²) in [5.74, 6) is 1.20. The minimum Gasteiger partial charge on any atom is -0.460 e. The third kappa shape index (κ3) is 9.65. The van der Waals surface area contributed by atoms with Crippen molar-refractivity contribution >= 4 is 23.2 Å². The lowest BCUT2D eigenvalue weighted by molar-refractivity contribution is -0.384. The van der Waals surface area contributed by atoms with Crippen LogP contribution in [0.15, 0.2) is 96.5 Å². The lowest BCUT2D eigenvalue weighted by atomic mass is 9.56. The Labute approximate surface area is 334 Å². The summed E-state index contributed by atoms with van der Waals surface area (Å²) in [6.45, 7) is 10.5. The van der Waals surface area contributed by atoms with Gasteiger partial charge < -0.3 is 29.3 Å². The summed E-state index contributed by atoms with van der Waals surface area (Å²) in [4.78, 5) is 21.5. The number of aliphatic hydroxyl groups excluding tert-OH is 2. The van der Waals surface area contributed by atoms with Gasteiger partial charge in [0, 0.05) is 49.6 Å². The molecule has 300 valence electrons. The number of benzene rings is 2. The molecule has 0 saturated heterocycles. The van der Waals surface area contributed by atoms with Gasteiger partial charge in [0.25, 0.3) is 5.69 Å². The topological polar surface area (TPSA) is 146 Å². The number of hydrogen-bond donors (Lipinski definition) is 2. The second kappa shape index (κ2) is 18.8. The Bertz CT molecular complexity index is 1860. The van der Waals surface area contributed by atoms with Gasteiger partial charge >= 0.3 is 0 Å². The van der Waals surface area contributed by atoms with Crippen molar-refractivity contribution in [2.24, 2.45) is 22.9 Å². The number of allylic oxidation sites excluding steroid dienone is 1. The van der Waals surface area contributed by atoms with Crippen molar-refractivity contribution in [2.75, 3.05) is 25.6 Å². The van der Waals surface area contributed by atoms with Crippen molar-refractivity contribution < 1.29 is 34.2 Å². The number of aryl methyl sites for hydroxylation is 1. The van der Waals surface area contributed by atoms with Gasteiger partial charge in [0.15, 0.2) is 0 Å². The summed E-state index contributed by atoms with van der Waals surface area (Å²) in [5, 5.41) is 36.0. The van der Waals surface area contributed by atoms with Crippen LogP contribution in [0.25, 0.3) is 0 Å². The Hall–Kier alpha value is -4.23. The molecule has 1 aliphatic heterocycles. The number of fused-ring (bicyclic) bond motifs is 2. The molecule has 56 heavy (non-hydrogen) atoms. The monoisotopic (exact) mass is 785 g/mol. The number of ether oxygens (including phenoxy) is 3. The summed E-state index contributed by atoms with van der Waals surface area (Å²) in [6, 6.07) is 16.1. The Morgan fingerprint density at radius 2 is 1.80 bits per heavy atom. The number of hydrogen-bond acceptors (Lipinski definition) is 11. The van der Waals surface area contributed by atoms with E-state index in [1.54, 1.807) is 18.2 Å². The quantitative estimate of drug-likeness (QED) is 0.0522. The number of aromatic nitrogens is 1. The molecule has 3 aromatic rings. The highest BCUT2D eigenvalue weighted by Gasteiger charge is 2.64. The number of non-ortho nitro benzene ring substituents is 1. The SMILES string of the molecule is C=CCO[C@@]12Oc3ccc(Oc4cccc([N+](=O)[O-])c4)cc3[C@H]3[C@H](CCCCO)[C@@H](CCCCO)C=C(C(=NOC(C)(C)C)C[C@@H]1SCCc1ccncc1)[C@H]32. The second-order valence-corrected chi connectivity index (χ2v) is 17.1. The minimum atomic E-state index is -1.09. The fraction of sp³-hybridized carbons (Fsp3) is 0.500. The highest BCUT2D eigenvalue weighted by atomic mass is 32.2. The molecule has 6 rings (SSSR count). The van der Waals surface area contributed by atoms with Crippen LogP contribution in [0.3, 0.4) is 0 Å². The molecule has 0 unspecified atom stereocenters. The first-order chi connectivity index (χ1) is 27.1. The molecule has 2 aliphatic carbocycles. The van der Waals surface area contributed by atoms with Crippen molar-refractivity contribution in [3.8, 4) is 17.2 Å². The molecule has 11 nitrogen and oxygen atoms in total. The summed E-state index contributed by atoms with van der Waals surface area (Å²) in [7, 11) is 0. The van der Waals surface area contributed by atoms with Crippen LogP contribution in [0.4, 0.5) is 5.69 Å². The van der Waals surface area contributed by atoms with Crippen LogP contribution in [0.5, 0.6) is 17.2 Å². The van der Waals surface area contributed by atoms with Gasteiger partial charge in [0.05, 0.1) is 34.5 Å². The van der Waals surface area contributed by atoms with Crippen LogP contribution in [0.2, 0.25) is 0 Å². The maximum Gasteiger partial charge on any atom is 0.273 e. The average Bonchev–Trinajstić information content (AvgIpc) is 3.18. The Kier molecular flexibility index (Phi) is 13.9. The van der Waals surface area contributed by atoms with Crippen molar-refractivity contribution in [3.05, 3.63) is 113 Å². The van der Waals surface area contributed by atoms with E-state index < -0.39 is 16.3 Å². The zero-order valence-electron chi connectivity index (χ0n) is 32.7. The lowest BCUT2D eigenvalue weighted by Crippen LogP contribution is -2.64. The van der Waals surface area contributed by atoms with Crippen molar-refractivity contribution in [1.29, 1.82) is 0 Å². The minimum absolute atomic E-state index is 0.0522. The van der Waals surface area contributed by atoms with E-state index >= 15 is 0 Å². The molecule has 12 heteroatoms. The number of nitro groups is 1. The number of unbranched alkanes of at least 4 members (excludes halogenated alkanes) is 2. The Morgan fingerprint density at radius 1 is 1.05 bits per heavy atom. The lowest BCUT2D eigenvalue weighted by Gasteiger charge is -2.58. The highest BCUT2D eigenvalue weighted by molar-refractivity contribution is 8.00. The van der Waals surface area contributed by atoms with E-state index in [-0.39, 0.29) is 54.4 Å². The number of pyridine rings is 1. The number of nitro benzene ring substituents is 1. The first-order valence-electron chi connectivity index (χ1n) is 19.8. The molecular formula is C44H55N3O8S. The molecule has 1 aromatic heterocycles. The van der Waals surface area contributed by atoms with Crippen LogP contribution in [0, 0.1) is 27.9 Å². The third-order valence-electron chi connectivity index (χ3n) is 10.8. The zero-order valence-corrected chi connectivity index (χ0v) is 33.5. The maximum atomic E-state index is 11.6. The molecule has 2 aromatic carbocycles. The molecule has 0 spiro atoms. The van der Waals surface area contributed by atoms with Gasteiger partial charge in [-0.25, -0.2) is 0 Å². The fourth-order valence-corrected chi connectivity index (χ4v) is 9.81. The molecule has 0 radical (unpaired) electrons. The van der Waals surface area contributed by atoms with E-state index in [9.17, 15) is 20.3 Å². The van der Waals surface area contributed by atoms with Crippen LogP contribution in [0.1, 0.15) is 82.8 Å². The van der Waals surface area contributed by atoms with Gasteiger partial charge in [-0.3, -0.25) is 15.1 Å².